The molecular formula is C33H42F3N7O2. The number of nitrogens with one attached hydrogen (secondary N) is 3. The lowest BCUT2D eigenvalue weighted by molar-refractivity contribution is -0.140. The number of alkyl halides is 3. The average molecular weight is 626 g/mol. The quantitative estimate of drug-likeness (QED) is 0.282. The first-order valence-corrected chi connectivity index (χ1v) is 15.3. The number of piperidine rings is 2. The van der Waals surface area contributed by atoms with Crippen molar-refractivity contribution < 1.29 is 22.7 Å². The van der Waals surface area contributed by atoms with Crippen LogP contribution in [0.15, 0.2) is 42.5 Å². The minimum absolute atomic E-state index is 0.0122. The SMILES string of the molecule is COc1cc(C(=O)NC2CCN(C)CC2)ccc1NCC#Cc1cc2c(N[C@@H]3CCN(C)C[C@@H]3N)cccc2n1CC(F)(F)F. The molecule has 2 aromatic carbocycles. The lowest BCUT2D eigenvalue weighted by Gasteiger charge is -2.35. The zero-order valence-corrected chi connectivity index (χ0v) is 26.0. The molecule has 0 unspecified atom stereocenters. The van der Waals surface area contributed by atoms with E-state index in [0.29, 0.717) is 27.9 Å². The van der Waals surface area contributed by atoms with Gasteiger partial charge in [0, 0.05) is 41.3 Å². The van der Waals surface area contributed by atoms with Crippen LogP contribution in [0.3, 0.4) is 0 Å². The standard InChI is InChI=1S/C33H42F3N7O2/c1-41-15-11-23(12-16-41)39-32(44)22-9-10-29(31(18-22)45-3)38-14-5-6-24-19-25-27(40-28-13-17-42(2)20-26(28)37)7-4-8-30(25)43(24)21-33(34,35)36/h4,7-10,18-19,23,26,28,38,40H,11-17,20-21,37H2,1-3H3,(H,39,44)/t26-,28+/m0/s1. The third kappa shape index (κ3) is 8.22. The van der Waals surface area contributed by atoms with Gasteiger partial charge in [-0.25, -0.2) is 0 Å². The van der Waals surface area contributed by atoms with Gasteiger partial charge >= 0.3 is 6.18 Å². The van der Waals surface area contributed by atoms with Crippen LogP contribution in [-0.2, 0) is 6.54 Å². The Morgan fingerprint density at radius 3 is 2.51 bits per heavy atom. The summed E-state index contributed by atoms with van der Waals surface area (Å²) in [5.41, 5.74) is 8.95. The Kier molecular flexibility index (Phi) is 10.1. The zero-order chi connectivity index (χ0) is 32.1. The summed E-state index contributed by atoms with van der Waals surface area (Å²) in [7, 11) is 5.61. The summed E-state index contributed by atoms with van der Waals surface area (Å²) in [5.74, 6) is 6.22. The third-order valence-corrected chi connectivity index (χ3v) is 8.59. The molecule has 0 radical (unpaired) electrons. The van der Waals surface area contributed by atoms with Crippen molar-refractivity contribution >= 4 is 28.2 Å². The fraction of sp³-hybridized carbons (Fsp3) is 0.485. The number of hydrogen-bond donors (Lipinski definition) is 4. The van der Waals surface area contributed by atoms with E-state index in [-0.39, 0.29) is 36.3 Å². The predicted octanol–water partition coefficient (Wildman–Crippen LogP) is 3.94. The Balaban J connectivity index is 1.31. The van der Waals surface area contributed by atoms with Gasteiger partial charge in [-0.3, -0.25) is 4.79 Å². The number of hydrogen-bond acceptors (Lipinski definition) is 7. The highest BCUT2D eigenvalue weighted by Gasteiger charge is 2.30. The number of nitrogens with zero attached hydrogens (tertiary/aromatic N) is 3. The molecule has 12 heteroatoms. The van der Waals surface area contributed by atoms with E-state index in [2.05, 4.69) is 44.6 Å². The summed E-state index contributed by atoms with van der Waals surface area (Å²) >= 11 is 0. The number of anilines is 2. The second-order valence-corrected chi connectivity index (χ2v) is 12.1. The Bertz CT molecular complexity index is 1550. The van der Waals surface area contributed by atoms with E-state index in [1.165, 1.54) is 11.7 Å². The van der Waals surface area contributed by atoms with Gasteiger partial charge in [0.05, 0.1) is 30.6 Å². The number of carbonyl (C=O) groups excluding carboxylic acids is 1. The highest BCUT2D eigenvalue weighted by Crippen LogP contribution is 2.31. The van der Waals surface area contributed by atoms with Crippen LogP contribution in [-0.4, -0.2) is 98.5 Å². The summed E-state index contributed by atoms with van der Waals surface area (Å²) < 4.78 is 47.7. The highest BCUT2D eigenvalue weighted by atomic mass is 19.4. The molecule has 2 fully saturated rings. The molecule has 1 aromatic heterocycles. The van der Waals surface area contributed by atoms with E-state index in [9.17, 15) is 18.0 Å². The van der Waals surface area contributed by atoms with Crippen LogP contribution in [0.2, 0.25) is 0 Å². The van der Waals surface area contributed by atoms with Gasteiger partial charge in [-0.2, -0.15) is 13.2 Å². The van der Waals surface area contributed by atoms with Crippen molar-refractivity contribution in [3.05, 3.63) is 53.7 Å². The lowest BCUT2D eigenvalue weighted by atomic mass is 10.00. The fourth-order valence-corrected chi connectivity index (χ4v) is 6.07. The van der Waals surface area contributed by atoms with Crippen molar-refractivity contribution in [3.63, 3.8) is 0 Å². The van der Waals surface area contributed by atoms with Gasteiger partial charge in [0.25, 0.3) is 5.91 Å². The van der Waals surface area contributed by atoms with E-state index >= 15 is 0 Å². The fourth-order valence-electron chi connectivity index (χ4n) is 6.07. The number of ether oxygens (including phenoxy) is 1. The zero-order valence-electron chi connectivity index (χ0n) is 26.0. The molecule has 242 valence electrons. The lowest BCUT2D eigenvalue weighted by Crippen LogP contribution is -2.53. The van der Waals surface area contributed by atoms with Gasteiger partial charge in [0.15, 0.2) is 0 Å². The number of nitrogens with two attached hydrogens (primary N) is 1. The summed E-state index contributed by atoms with van der Waals surface area (Å²) in [5, 5.41) is 10.4. The van der Waals surface area contributed by atoms with Crippen molar-refractivity contribution in [2.45, 2.75) is 50.1 Å². The van der Waals surface area contributed by atoms with E-state index in [1.54, 1.807) is 36.4 Å². The number of halogens is 3. The molecule has 2 aliphatic heterocycles. The number of likely N-dealkylation sites (N-methyl/N-ethyl adjacent to an activating group) is 1. The molecule has 2 saturated heterocycles. The number of likely N-dealkylation sites (tertiary alicyclic amines) is 2. The number of methoxy groups -OCH3 is 1. The maximum Gasteiger partial charge on any atom is 0.406 e. The van der Waals surface area contributed by atoms with Crippen LogP contribution in [0.25, 0.3) is 10.9 Å². The second kappa shape index (κ2) is 14.0. The monoisotopic (exact) mass is 625 g/mol. The summed E-state index contributed by atoms with van der Waals surface area (Å²) in [6.45, 7) is 2.52. The first-order chi connectivity index (χ1) is 21.5. The molecule has 0 spiro atoms. The van der Waals surface area contributed by atoms with Crippen molar-refractivity contribution in [1.82, 2.24) is 19.7 Å². The number of benzene rings is 2. The van der Waals surface area contributed by atoms with Gasteiger partial charge in [0.2, 0.25) is 0 Å². The van der Waals surface area contributed by atoms with Crippen LogP contribution in [0.4, 0.5) is 24.5 Å². The molecule has 45 heavy (non-hydrogen) atoms. The smallest absolute Gasteiger partial charge is 0.406 e. The van der Waals surface area contributed by atoms with E-state index in [1.807, 2.05) is 13.1 Å². The number of rotatable bonds is 8. The maximum atomic E-state index is 13.7. The Labute approximate surface area is 262 Å². The van der Waals surface area contributed by atoms with Crippen molar-refractivity contribution in [1.29, 1.82) is 0 Å². The molecule has 9 nitrogen and oxygen atoms in total. The predicted molar refractivity (Wildman–Crippen MR) is 172 cm³/mol. The number of fused-ring (bicyclic) bond motifs is 1. The summed E-state index contributed by atoms with van der Waals surface area (Å²) in [4.78, 5) is 17.3. The third-order valence-electron chi connectivity index (χ3n) is 8.59. The number of carbonyl (C=O) groups is 1. The van der Waals surface area contributed by atoms with Gasteiger partial charge in [0.1, 0.15) is 12.3 Å². The first kappa shape index (κ1) is 32.5. The van der Waals surface area contributed by atoms with Crippen molar-refractivity contribution in [2.24, 2.45) is 5.73 Å². The Hall–Kier alpha value is -3.92. The first-order valence-electron chi connectivity index (χ1n) is 15.3. The molecule has 1 amide bonds. The average Bonchev–Trinajstić information content (AvgIpc) is 3.34. The number of aromatic nitrogens is 1. The van der Waals surface area contributed by atoms with E-state index in [0.717, 1.165) is 51.1 Å². The summed E-state index contributed by atoms with van der Waals surface area (Å²) in [6, 6.07) is 12.2. The molecule has 2 aliphatic rings. The molecule has 2 atom stereocenters. The minimum atomic E-state index is -4.42. The van der Waals surface area contributed by atoms with Crippen molar-refractivity contribution in [2.75, 3.05) is 64.6 Å². The molecule has 0 bridgehead atoms. The minimum Gasteiger partial charge on any atom is -0.495 e. The van der Waals surface area contributed by atoms with Gasteiger partial charge in [-0.05, 0) is 95.3 Å². The van der Waals surface area contributed by atoms with Crippen molar-refractivity contribution in [3.8, 4) is 17.6 Å². The molecule has 3 aromatic rings. The van der Waals surface area contributed by atoms with Crippen LogP contribution >= 0.6 is 0 Å². The van der Waals surface area contributed by atoms with Crippen LogP contribution in [0, 0.1) is 11.8 Å². The Morgan fingerprint density at radius 1 is 1.04 bits per heavy atom. The summed E-state index contributed by atoms with van der Waals surface area (Å²) in [6.07, 6.45) is -1.77. The van der Waals surface area contributed by atoms with Gasteiger partial charge < -0.3 is 40.8 Å². The van der Waals surface area contributed by atoms with Gasteiger partial charge in [-0.15, -0.1) is 0 Å². The normalized spacial score (nSPS) is 20.0. The topological polar surface area (TPSA) is 99.8 Å². The van der Waals surface area contributed by atoms with E-state index < -0.39 is 12.7 Å². The Morgan fingerprint density at radius 2 is 1.80 bits per heavy atom. The molecule has 0 aliphatic carbocycles. The molecular weight excluding hydrogens is 583 g/mol. The van der Waals surface area contributed by atoms with E-state index in [4.69, 9.17) is 10.5 Å². The molecule has 5 rings (SSSR count). The van der Waals surface area contributed by atoms with Gasteiger partial charge in [-0.1, -0.05) is 12.0 Å². The largest absolute Gasteiger partial charge is 0.495 e. The highest BCUT2D eigenvalue weighted by molar-refractivity contribution is 5.96. The number of amides is 1. The molecule has 5 N–H and O–H groups in total. The molecule has 3 heterocycles. The van der Waals surface area contributed by atoms with Crippen LogP contribution < -0.4 is 26.4 Å². The van der Waals surface area contributed by atoms with Crippen LogP contribution in [0.5, 0.6) is 5.75 Å². The second-order valence-electron chi connectivity index (χ2n) is 12.1. The molecule has 0 saturated carbocycles. The maximum absolute atomic E-state index is 13.7. The van der Waals surface area contributed by atoms with Crippen LogP contribution in [0.1, 0.15) is 35.3 Å².